The Bertz CT molecular complexity index is 641. The number of nitrogens with one attached hydrogen (secondary N) is 2. The smallest absolute Gasteiger partial charge is 0.222 e. The topological polar surface area (TPSA) is 66.0 Å². The van der Waals surface area contributed by atoms with E-state index in [4.69, 9.17) is 4.74 Å². The number of likely N-dealkylation sites (tertiary alicyclic amines) is 1. The normalized spacial score (nSPS) is 17.1. The zero-order valence-corrected chi connectivity index (χ0v) is 20.1. The molecule has 1 atom stereocenters. The molecule has 1 aromatic rings. The molecule has 0 saturated carbocycles. The molecule has 0 radical (unpaired) electrons. The maximum absolute atomic E-state index is 11.8. The number of nitrogens with zero attached hydrogens (tertiary/aromatic N) is 2. The van der Waals surface area contributed by atoms with Crippen LogP contribution in [0.2, 0.25) is 0 Å². The van der Waals surface area contributed by atoms with Crippen LogP contribution in [0.15, 0.2) is 29.3 Å². The fourth-order valence-electron chi connectivity index (χ4n) is 3.11. The molecule has 158 valence electrons. The van der Waals surface area contributed by atoms with Gasteiger partial charge in [0.15, 0.2) is 5.96 Å². The van der Waals surface area contributed by atoms with Crippen LogP contribution < -0.4 is 15.4 Å². The lowest BCUT2D eigenvalue weighted by atomic mass is 9.87. The predicted molar refractivity (Wildman–Crippen MR) is 126 cm³/mol. The number of guanidine groups is 1. The van der Waals surface area contributed by atoms with Crippen molar-refractivity contribution < 1.29 is 9.53 Å². The van der Waals surface area contributed by atoms with E-state index in [0.29, 0.717) is 19.6 Å². The Kier molecular flexibility index (Phi) is 10.1. The second-order valence-corrected chi connectivity index (χ2v) is 7.95. The number of carbonyl (C=O) groups excluding carboxylic acids is 1. The van der Waals surface area contributed by atoms with E-state index >= 15 is 0 Å². The van der Waals surface area contributed by atoms with Crippen molar-refractivity contribution in [2.24, 2.45) is 4.99 Å². The van der Waals surface area contributed by atoms with Gasteiger partial charge in [0.05, 0.1) is 6.54 Å². The minimum Gasteiger partial charge on any atom is -0.492 e. The Morgan fingerprint density at radius 1 is 1.29 bits per heavy atom. The fourth-order valence-corrected chi connectivity index (χ4v) is 3.11. The Morgan fingerprint density at radius 2 is 1.96 bits per heavy atom. The molecule has 1 saturated heterocycles. The largest absolute Gasteiger partial charge is 0.492 e. The van der Waals surface area contributed by atoms with Crippen LogP contribution >= 0.6 is 24.0 Å². The number of hydrogen-bond donors (Lipinski definition) is 2. The van der Waals surface area contributed by atoms with Crippen LogP contribution in [-0.2, 0) is 10.2 Å². The van der Waals surface area contributed by atoms with Gasteiger partial charge in [-0.05, 0) is 29.5 Å². The lowest BCUT2D eigenvalue weighted by molar-refractivity contribution is -0.129. The van der Waals surface area contributed by atoms with Crippen LogP contribution in [0.1, 0.15) is 46.1 Å². The minimum atomic E-state index is 0. The van der Waals surface area contributed by atoms with Crippen molar-refractivity contribution in [2.75, 3.05) is 33.3 Å². The first kappa shape index (κ1) is 24.5. The van der Waals surface area contributed by atoms with E-state index in [0.717, 1.165) is 31.2 Å². The van der Waals surface area contributed by atoms with Crippen LogP contribution in [0.3, 0.4) is 0 Å². The molecule has 6 nitrogen and oxygen atoms in total. The van der Waals surface area contributed by atoms with Gasteiger partial charge in [-0.15, -0.1) is 24.0 Å². The van der Waals surface area contributed by atoms with Gasteiger partial charge in [0.2, 0.25) is 5.91 Å². The van der Waals surface area contributed by atoms with Gasteiger partial charge in [0, 0.05) is 32.6 Å². The van der Waals surface area contributed by atoms with E-state index < -0.39 is 0 Å². The first-order chi connectivity index (χ1) is 12.8. The molecule has 7 heteroatoms. The van der Waals surface area contributed by atoms with E-state index in [1.165, 1.54) is 5.56 Å². The molecule has 2 N–H and O–H groups in total. The lowest BCUT2D eigenvalue weighted by Crippen LogP contribution is -2.46. The number of hydrogen-bond acceptors (Lipinski definition) is 3. The summed E-state index contributed by atoms with van der Waals surface area (Å²) in [6, 6.07) is 8.52. The molecule has 0 aromatic heterocycles. The maximum atomic E-state index is 11.8. The van der Waals surface area contributed by atoms with E-state index in [1.807, 2.05) is 24.0 Å². The highest BCUT2D eigenvalue weighted by Crippen LogP contribution is 2.24. The molecule has 1 fully saturated rings. The quantitative estimate of drug-likeness (QED) is 0.272. The summed E-state index contributed by atoms with van der Waals surface area (Å²) in [7, 11) is 1.76. The summed E-state index contributed by atoms with van der Waals surface area (Å²) >= 11 is 0. The maximum Gasteiger partial charge on any atom is 0.222 e. The van der Waals surface area contributed by atoms with Gasteiger partial charge < -0.3 is 20.3 Å². The number of benzene rings is 1. The Hall–Kier alpha value is -1.51. The fraction of sp³-hybridized carbons (Fsp3) is 0.619. The Morgan fingerprint density at radius 3 is 2.54 bits per heavy atom. The van der Waals surface area contributed by atoms with Gasteiger partial charge in [-0.3, -0.25) is 9.79 Å². The van der Waals surface area contributed by atoms with E-state index in [9.17, 15) is 4.79 Å². The van der Waals surface area contributed by atoms with E-state index in [2.05, 4.69) is 48.5 Å². The molecule has 1 amide bonds. The molecule has 28 heavy (non-hydrogen) atoms. The summed E-state index contributed by atoms with van der Waals surface area (Å²) in [6.45, 7) is 11.3. The standard InChI is InChI=1S/C21H34N4O2.HI/c1-6-19(26)25-13-11-17(15-25)24-20(22-5)23-12-14-27-18-9-7-16(8-10-18)21(2,3)4;/h7-10,17H,6,11-15H2,1-5H3,(H2,22,23,24);1H. The van der Waals surface area contributed by atoms with Crippen molar-refractivity contribution in [2.45, 2.75) is 52.0 Å². The lowest BCUT2D eigenvalue weighted by Gasteiger charge is -2.20. The van der Waals surface area contributed by atoms with Crippen molar-refractivity contribution in [3.63, 3.8) is 0 Å². The molecule has 2 rings (SSSR count). The molecule has 1 aromatic carbocycles. The number of ether oxygens (including phenoxy) is 1. The Labute approximate surface area is 186 Å². The van der Waals surface area contributed by atoms with Crippen molar-refractivity contribution in [3.05, 3.63) is 29.8 Å². The van der Waals surface area contributed by atoms with Gasteiger partial charge >= 0.3 is 0 Å². The first-order valence-electron chi connectivity index (χ1n) is 9.81. The van der Waals surface area contributed by atoms with Crippen molar-refractivity contribution in [1.29, 1.82) is 0 Å². The number of aliphatic imine (C=N–C) groups is 1. The second-order valence-electron chi connectivity index (χ2n) is 7.95. The molecular formula is C21H35IN4O2. The highest BCUT2D eigenvalue weighted by atomic mass is 127. The molecule has 0 bridgehead atoms. The third-order valence-electron chi connectivity index (χ3n) is 4.79. The third-order valence-corrected chi connectivity index (χ3v) is 4.79. The molecule has 0 aliphatic carbocycles. The highest BCUT2D eigenvalue weighted by molar-refractivity contribution is 14.0. The first-order valence-corrected chi connectivity index (χ1v) is 9.81. The Balaban J connectivity index is 0.00000392. The van der Waals surface area contributed by atoms with Crippen LogP contribution in [0.4, 0.5) is 0 Å². The van der Waals surface area contributed by atoms with Gasteiger partial charge in [-0.25, -0.2) is 0 Å². The average Bonchev–Trinajstić information content (AvgIpc) is 3.11. The third kappa shape index (κ3) is 7.48. The second kappa shape index (κ2) is 11.5. The zero-order valence-electron chi connectivity index (χ0n) is 17.7. The molecule has 1 aliphatic heterocycles. The highest BCUT2D eigenvalue weighted by Gasteiger charge is 2.25. The van der Waals surface area contributed by atoms with Crippen LogP contribution in [0.25, 0.3) is 0 Å². The predicted octanol–water partition coefficient (Wildman–Crippen LogP) is 3.16. The number of rotatable bonds is 6. The van der Waals surface area contributed by atoms with Crippen LogP contribution in [0, 0.1) is 0 Å². The zero-order chi connectivity index (χ0) is 19.9. The van der Waals surface area contributed by atoms with Gasteiger partial charge in [-0.2, -0.15) is 0 Å². The summed E-state index contributed by atoms with van der Waals surface area (Å²) in [5.74, 6) is 1.84. The average molecular weight is 502 g/mol. The van der Waals surface area contributed by atoms with Crippen molar-refractivity contribution in [3.8, 4) is 5.75 Å². The number of amides is 1. The number of halogens is 1. The SMILES string of the molecule is CCC(=O)N1CCC(NC(=NC)NCCOc2ccc(C(C)(C)C)cc2)C1.I. The van der Waals surface area contributed by atoms with Crippen molar-refractivity contribution >= 4 is 35.8 Å². The van der Waals surface area contributed by atoms with Gasteiger partial charge in [-0.1, -0.05) is 39.8 Å². The van der Waals surface area contributed by atoms with Gasteiger partial charge in [0.25, 0.3) is 0 Å². The molecule has 1 aliphatic rings. The van der Waals surface area contributed by atoms with E-state index in [1.54, 1.807) is 7.05 Å². The minimum absolute atomic E-state index is 0. The summed E-state index contributed by atoms with van der Waals surface area (Å²) < 4.78 is 5.80. The summed E-state index contributed by atoms with van der Waals surface area (Å²) in [5, 5.41) is 6.66. The van der Waals surface area contributed by atoms with E-state index in [-0.39, 0.29) is 41.3 Å². The summed E-state index contributed by atoms with van der Waals surface area (Å²) in [5.41, 5.74) is 1.44. The molecule has 1 unspecified atom stereocenters. The molecule has 1 heterocycles. The summed E-state index contributed by atoms with van der Waals surface area (Å²) in [6.07, 6.45) is 1.51. The number of carbonyl (C=O) groups is 1. The molecule has 0 spiro atoms. The van der Waals surface area contributed by atoms with Crippen LogP contribution in [0.5, 0.6) is 5.75 Å². The monoisotopic (exact) mass is 502 g/mol. The summed E-state index contributed by atoms with van der Waals surface area (Å²) in [4.78, 5) is 17.9. The van der Waals surface area contributed by atoms with Crippen LogP contribution in [-0.4, -0.2) is 56.1 Å². The molecular weight excluding hydrogens is 467 g/mol. The van der Waals surface area contributed by atoms with Crippen molar-refractivity contribution in [1.82, 2.24) is 15.5 Å². The van der Waals surface area contributed by atoms with Gasteiger partial charge in [0.1, 0.15) is 12.4 Å².